The van der Waals surface area contributed by atoms with E-state index in [0.29, 0.717) is 16.5 Å². The number of hydrogen-bond acceptors (Lipinski definition) is 4. The van der Waals surface area contributed by atoms with Gasteiger partial charge in [-0.3, -0.25) is 4.79 Å². The second-order valence-corrected chi connectivity index (χ2v) is 3.75. The first-order valence-corrected chi connectivity index (χ1v) is 5.03. The van der Waals surface area contributed by atoms with Crippen LogP contribution in [-0.4, -0.2) is 11.0 Å². The monoisotopic (exact) mass is 233 g/mol. The molecule has 0 saturated heterocycles. The molecule has 2 aromatic rings. The Balaban J connectivity index is 2.76. The van der Waals surface area contributed by atoms with E-state index in [2.05, 4.69) is 5.32 Å². The summed E-state index contributed by atoms with van der Waals surface area (Å²) in [6, 6.07) is 4.49. The molecule has 5 nitrogen and oxygen atoms in total. The quantitative estimate of drug-likeness (QED) is 0.735. The summed E-state index contributed by atoms with van der Waals surface area (Å²) in [5.41, 5.74) is 0.416. The van der Waals surface area contributed by atoms with Crippen molar-refractivity contribution in [2.24, 2.45) is 0 Å². The number of aryl methyl sites for hydroxylation is 1. The van der Waals surface area contributed by atoms with E-state index < -0.39 is 5.63 Å². The van der Waals surface area contributed by atoms with Crippen LogP contribution < -0.4 is 10.9 Å². The van der Waals surface area contributed by atoms with Gasteiger partial charge in [-0.2, -0.15) is 0 Å². The number of rotatable bonds is 1. The molecule has 1 heterocycles. The number of hydrogen-bond donors (Lipinski definition) is 2. The molecule has 1 aromatic heterocycles. The fourth-order valence-corrected chi connectivity index (χ4v) is 1.66. The van der Waals surface area contributed by atoms with Crippen LogP contribution in [0.4, 0.5) is 5.69 Å². The van der Waals surface area contributed by atoms with E-state index in [-0.39, 0.29) is 17.3 Å². The van der Waals surface area contributed by atoms with Gasteiger partial charge in [0.1, 0.15) is 17.0 Å². The smallest absolute Gasteiger partial charge is 0.360 e. The first-order chi connectivity index (χ1) is 7.99. The minimum Gasteiger partial charge on any atom is -0.508 e. The van der Waals surface area contributed by atoms with E-state index in [1.54, 1.807) is 13.0 Å². The summed E-state index contributed by atoms with van der Waals surface area (Å²) in [5, 5.41) is 12.4. The Morgan fingerprint density at radius 3 is 2.76 bits per heavy atom. The number of amides is 1. The van der Waals surface area contributed by atoms with E-state index in [1.165, 1.54) is 19.1 Å². The van der Waals surface area contributed by atoms with Gasteiger partial charge >= 0.3 is 5.63 Å². The molecule has 0 atom stereocenters. The van der Waals surface area contributed by atoms with Crippen LogP contribution in [0.3, 0.4) is 0 Å². The van der Waals surface area contributed by atoms with E-state index in [4.69, 9.17) is 4.42 Å². The van der Waals surface area contributed by atoms with Crippen LogP contribution in [-0.2, 0) is 4.79 Å². The van der Waals surface area contributed by atoms with Crippen LogP contribution in [0.5, 0.6) is 5.75 Å². The highest BCUT2D eigenvalue weighted by Crippen LogP contribution is 2.25. The van der Waals surface area contributed by atoms with Crippen molar-refractivity contribution < 1.29 is 14.3 Å². The lowest BCUT2D eigenvalue weighted by atomic mass is 10.1. The molecule has 0 fully saturated rings. The lowest BCUT2D eigenvalue weighted by Gasteiger charge is -2.07. The number of phenolic OH excluding ortho intramolecular Hbond substituents is 1. The van der Waals surface area contributed by atoms with Crippen LogP contribution in [0, 0.1) is 6.92 Å². The third-order valence-corrected chi connectivity index (χ3v) is 2.45. The zero-order chi connectivity index (χ0) is 12.6. The molecule has 0 bridgehead atoms. The van der Waals surface area contributed by atoms with Gasteiger partial charge in [0.2, 0.25) is 5.91 Å². The average Bonchev–Trinajstić information content (AvgIpc) is 2.23. The minimum atomic E-state index is -0.629. The molecule has 2 N–H and O–H groups in total. The van der Waals surface area contributed by atoms with Crippen molar-refractivity contribution in [2.75, 3.05) is 5.32 Å². The highest BCUT2D eigenvalue weighted by molar-refractivity contribution is 5.93. The Morgan fingerprint density at radius 2 is 2.12 bits per heavy atom. The maximum absolute atomic E-state index is 11.6. The Morgan fingerprint density at radius 1 is 1.41 bits per heavy atom. The molecule has 1 amide bonds. The first kappa shape index (κ1) is 11.2. The molecule has 0 spiro atoms. The Hall–Kier alpha value is -2.30. The molecule has 0 aliphatic heterocycles. The molecule has 0 unspecified atom stereocenters. The van der Waals surface area contributed by atoms with Crippen LogP contribution in [0.25, 0.3) is 11.0 Å². The fourth-order valence-electron chi connectivity index (χ4n) is 1.66. The lowest BCUT2D eigenvalue weighted by molar-refractivity contribution is -0.114. The number of anilines is 1. The molecular formula is C12H11NO4. The van der Waals surface area contributed by atoms with Gasteiger partial charge in [0.15, 0.2) is 0 Å². The number of benzene rings is 1. The van der Waals surface area contributed by atoms with Gasteiger partial charge in [-0.15, -0.1) is 0 Å². The second-order valence-electron chi connectivity index (χ2n) is 3.75. The summed E-state index contributed by atoms with van der Waals surface area (Å²) < 4.78 is 5.03. The number of phenols is 1. The van der Waals surface area contributed by atoms with Crippen LogP contribution in [0.1, 0.15) is 12.5 Å². The molecule has 17 heavy (non-hydrogen) atoms. The standard InChI is InChI=1S/C12H11NO4/c1-6-9-4-3-8(15)5-10(9)17-12(16)11(6)13-7(2)14/h3-5,15H,1-2H3,(H,13,14). The second kappa shape index (κ2) is 3.93. The normalized spacial score (nSPS) is 10.5. The molecule has 0 saturated carbocycles. The topological polar surface area (TPSA) is 79.5 Å². The Kier molecular flexibility index (Phi) is 2.59. The summed E-state index contributed by atoms with van der Waals surface area (Å²) >= 11 is 0. The summed E-state index contributed by atoms with van der Waals surface area (Å²) in [6.45, 7) is 3.03. The summed E-state index contributed by atoms with van der Waals surface area (Å²) in [4.78, 5) is 22.6. The molecule has 88 valence electrons. The summed E-state index contributed by atoms with van der Waals surface area (Å²) in [7, 11) is 0. The fraction of sp³-hybridized carbons (Fsp3) is 0.167. The van der Waals surface area contributed by atoms with E-state index in [9.17, 15) is 14.7 Å². The van der Waals surface area contributed by atoms with Gasteiger partial charge in [0, 0.05) is 18.4 Å². The van der Waals surface area contributed by atoms with Gasteiger partial charge in [0.25, 0.3) is 0 Å². The molecule has 0 aliphatic carbocycles. The van der Waals surface area contributed by atoms with E-state index in [1.807, 2.05) is 0 Å². The van der Waals surface area contributed by atoms with Gasteiger partial charge in [-0.05, 0) is 24.6 Å². The van der Waals surface area contributed by atoms with Gasteiger partial charge in [0.05, 0.1) is 0 Å². The summed E-state index contributed by atoms with van der Waals surface area (Å²) in [6.07, 6.45) is 0. The third kappa shape index (κ3) is 1.99. The van der Waals surface area contributed by atoms with Gasteiger partial charge in [-0.1, -0.05) is 0 Å². The van der Waals surface area contributed by atoms with Crippen molar-refractivity contribution in [3.05, 3.63) is 34.2 Å². The third-order valence-electron chi connectivity index (χ3n) is 2.45. The molecule has 1 aromatic carbocycles. The summed E-state index contributed by atoms with van der Waals surface area (Å²) in [5.74, 6) is -0.314. The SMILES string of the molecule is CC(=O)Nc1c(C)c2ccc(O)cc2oc1=O. The van der Waals surface area contributed by atoms with Crippen molar-refractivity contribution in [2.45, 2.75) is 13.8 Å². The maximum Gasteiger partial charge on any atom is 0.360 e. The zero-order valence-corrected chi connectivity index (χ0v) is 9.40. The van der Waals surface area contributed by atoms with E-state index >= 15 is 0 Å². The molecule has 5 heteroatoms. The number of aromatic hydroxyl groups is 1. The van der Waals surface area contributed by atoms with Crippen LogP contribution in [0.15, 0.2) is 27.4 Å². The van der Waals surface area contributed by atoms with Crippen molar-refractivity contribution in [1.82, 2.24) is 0 Å². The Labute approximate surface area is 96.7 Å². The molecule has 0 aliphatic rings. The Bertz CT molecular complexity index is 657. The highest BCUT2D eigenvalue weighted by Gasteiger charge is 2.12. The van der Waals surface area contributed by atoms with Crippen molar-refractivity contribution >= 4 is 22.6 Å². The van der Waals surface area contributed by atoms with Crippen molar-refractivity contribution in [3.8, 4) is 5.75 Å². The van der Waals surface area contributed by atoms with Gasteiger partial charge in [-0.25, -0.2) is 4.79 Å². The first-order valence-electron chi connectivity index (χ1n) is 5.03. The van der Waals surface area contributed by atoms with Crippen LogP contribution in [0.2, 0.25) is 0 Å². The number of carbonyl (C=O) groups is 1. The number of nitrogens with one attached hydrogen (secondary N) is 1. The van der Waals surface area contributed by atoms with Crippen molar-refractivity contribution in [1.29, 1.82) is 0 Å². The highest BCUT2D eigenvalue weighted by atomic mass is 16.4. The number of carbonyl (C=O) groups excluding carboxylic acids is 1. The predicted molar refractivity (Wildman–Crippen MR) is 63.2 cm³/mol. The molecular weight excluding hydrogens is 222 g/mol. The van der Waals surface area contributed by atoms with Crippen molar-refractivity contribution in [3.63, 3.8) is 0 Å². The average molecular weight is 233 g/mol. The molecule has 0 radical (unpaired) electrons. The predicted octanol–water partition coefficient (Wildman–Crippen LogP) is 1.77. The largest absolute Gasteiger partial charge is 0.508 e. The van der Waals surface area contributed by atoms with E-state index in [0.717, 1.165) is 0 Å². The van der Waals surface area contributed by atoms with Gasteiger partial charge < -0.3 is 14.8 Å². The minimum absolute atomic E-state index is 0.0207. The molecule has 2 rings (SSSR count). The lowest BCUT2D eigenvalue weighted by Crippen LogP contribution is -2.16. The maximum atomic E-state index is 11.6. The van der Waals surface area contributed by atoms with Crippen LogP contribution >= 0.6 is 0 Å². The zero-order valence-electron chi connectivity index (χ0n) is 9.40. The number of fused-ring (bicyclic) bond motifs is 1.